The lowest BCUT2D eigenvalue weighted by molar-refractivity contribution is 0.129. The van der Waals surface area contributed by atoms with Crippen LogP contribution in [0.2, 0.25) is 0 Å². The van der Waals surface area contributed by atoms with Crippen LogP contribution >= 0.6 is 0 Å². The van der Waals surface area contributed by atoms with Crippen LogP contribution in [0.5, 0.6) is 0 Å². The maximum Gasteiger partial charge on any atom is 0.140 e. The molecule has 2 rings (SSSR count). The molecule has 0 N–H and O–H groups in total. The maximum atomic E-state index is 13.1. The van der Waals surface area contributed by atoms with Gasteiger partial charge in [0.15, 0.2) is 0 Å². The second-order valence-electron chi connectivity index (χ2n) is 3.77. The highest BCUT2D eigenvalue weighted by Gasteiger charge is 2.20. The minimum Gasteiger partial charge on any atom is -0.293 e. The lowest BCUT2D eigenvalue weighted by Crippen LogP contribution is -2.36. The van der Waals surface area contributed by atoms with Gasteiger partial charge in [0.05, 0.1) is 6.54 Å². The number of rotatable bonds is 2. The van der Waals surface area contributed by atoms with Crippen molar-refractivity contribution in [2.75, 3.05) is 13.1 Å². The van der Waals surface area contributed by atoms with Crippen molar-refractivity contribution in [3.05, 3.63) is 12.2 Å². The van der Waals surface area contributed by atoms with E-state index in [1.54, 1.807) is 4.68 Å². The van der Waals surface area contributed by atoms with Crippen LogP contribution in [0.4, 0.5) is 4.39 Å². The Hall–Kier alpha value is -0.970. The number of hydrogen-bond acceptors (Lipinski definition) is 3. The summed E-state index contributed by atoms with van der Waals surface area (Å²) in [6, 6.07) is 0. The molecule has 1 unspecified atom stereocenters. The number of likely N-dealkylation sites (tertiary alicyclic amines) is 1. The van der Waals surface area contributed by atoms with Crippen LogP contribution in [0.3, 0.4) is 0 Å². The number of alkyl halides is 1. The van der Waals surface area contributed by atoms with Crippen molar-refractivity contribution >= 4 is 0 Å². The lowest BCUT2D eigenvalue weighted by atomic mass is 10.1. The monoisotopic (exact) mass is 198 g/mol. The molecule has 1 aromatic rings. The zero-order valence-electron chi connectivity index (χ0n) is 8.36. The van der Waals surface area contributed by atoms with Crippen molar-refractivity contribution in [2.45, 2.75) is 25.6 Å². The first kappa shape index (κ1) is 9.58. The van der Waals surface area contributed by atoms with Gasteiger partial charge in [0.2, 0.25) is 0 Å². The topological polar surface area (TPSA) is 34.0 Å². The predicted molar refractivity (Wildman–Crippen MR) is 50.4 cm³/mol. The molecule has 78 valence electrons. The third-order valence-corrected chi connectivity index (χ3v) is 2.62. The molecule has 4 nitrogen and oxygen atoms in total. The molecule has 1 aliphatic rings. The molecule has 0 aromatic carbocycles. The summed E-state index contributed by atoms with van der Waals surface area (Å²) in [7, 11) is 1.86. The van der Waals surface area contributed by atoms with E-state index in [9.17, 15) is 4.39 Å². The Morgan fingerprint density at radius 2 is 2.50 bits per heavy atom. The van der Waals surface area contributed by atoms with Crippen LogP contribution in [-0.4, -0.2) is 38.9 Å². The van der Waals surface area contributed by atoms with Crippen LogP contribution in [-0.2, 0) is 13.6 Å². The Morgan fingerprint density at radius 1 is 1.64 bits per heavy atom. The average molecular weight is 198 g/mol. The quantitative estimate of drug-likeness (QED) is 0.703. The lowest BCUT2D eigenvalue weighted by Gasteiger charge is -2.28. The molecule has 0 aliphatic carbocycles. The fourth-order valence-electron chi connectivity index (χ4n) is 1.81. The van der Waals surface area contributed by atoms with Crippen LogP contribution in [0.25, 0.3) is 0 Å². The Bertz CT molecular complexity index is 299. The minimum atomic E-state index is -0.669. The van der Waals surface area contributed by atoms with Crippen LogP contribution in [0.15, 0.2) is 6.33 Å². The highest BCUT2D eigenvalue weighted by Crippen LogP contribution is 2.14. The van der Waals surface area contributed by atoms with Crippen LogP contribution < -0.4 is 0 Å². The van der Waals surface area contributed by atoms with Crippen molar-refractivity contribution in [1.29, 1.82) is 0 Å². The van der Waals surface area contributed by atoms with Gasteiger partial charge < -0.3 is 0 Å². The minimum absolute atomic E-state index is 0.535. The molecule has 14 heavy (non-hydrogen) atoms. The second-order valence-corrected chi connectivity index (χ2v) is 3.77. The first-order chi connectivity index (χ1) is 6.75. The standard InChI is InChI=1S/C9H15FN4/c1-13-9(11-7-12-13)6-14-4-2-3-8(10)5-14/h7-8H,2-6H2,1H3. The van der Waals surface area contributed by atoms with Crippen molar-refractivity contribution in [1.82, 2.24) is 19.7 Å². The Morgan fingerprint density at radius 3 is 3.14 bits per heavy atom. The highest BCUT2D eigenvalue weighted by atomic mass is 19.1. The summed E-state index contributed by atoms with van der Waals surface area (Å²) in [4.78, 5) is 6.22. The number of halogens is 1. The molecule has 0 saturated carbocycles. The summed E-state index contributed by atoms with van der Waals surface area (Å²) < 4.78 is 14.8. The third-order valence-electron chi connectivity index (χ3n) is 2.62. The van der Waals surface area contributed by atoms with E-state index in [2.05, 4.69) is 15.0 Å². The molecule has 1 aliphatic heterocycles. The summed E-state index contributed by atoms with van der Waals surface area (Å²) in [6.45, 7) is 2.21. The summed E-state index contributed by atoms with van der Waals surface area (Å²) in [5, 5.41) is 3.99. The summed E-state index contributed by atoms with van der Waals surface area (Å²) in [5.74, 6) is 0.902. The number of nitrogens with zero attached hydrogens (tertiary/aromatic N) is 4. The van der Waals surface area contributed by atoms with Crippen molar-refractivity contribution in [3.63, 3.8) is 0 Å². The molecular weight excluding hydrogens is 183 g/mol. The van der Waals surface area contributed by atoms with Gasteiger partial charge in [0.25, 0.3) is 0 Å². The molecule has 0 amide bonds. The van der Waals surface area contributed by atoms with E-state index in [1.807, 2.05) is 7.05 Å². The zero-order valence-corrected chi connectivity index (χ0v) is 8.36. The SMILES string of the molecule is Cn1ncnc1CN1CCCC(F)C1. The predicted octanol–water partition coefficient (Wildman–Crippen LogP) is 0.749. The molecule has 1 fully saturated rings. The van der Waals surface area contributed by atoms with Crippen molar-refractivity contribution in [3.8, 4) is 0 Å². The van der Waals surface area contributed by atoms with E-state index < -0.39 is 6.17 Å². The molecule has 1 saturated heterocycles. The van der Waals surface area contributed by atoms with Crippen LogP contribution in [0.1, 0.15) is 18.7 Å². The summed E-state index contributed by atoms with van der Waals surface area (Å²) >= 11 is 0. The van der Waals surface area contributed by atoms with E-state index >= 15 is 0 Å². The molecule has 0 spiro atoms. The first-order valence-electron chi connectivity index (χ1n) is 4.95. The second kappa shape index (κ2) is 4.04. The zero-order chi connectivity index (χ0) is 9.97. The largest absolute Gasteiger partial charge is 0.293 e. The van der Waals surface area contributed by atoms with E-state index in [-0.39, 0.29) is 0 Å². The third kappa shape index (κ3) is 2.09. The number of aryl methyl sites for hydroxylation is 1. The van der Waals surface area contributed by atoms with Gasteiger partial charge in [-0.05, 0) is 19.4 Å². The van der Waals surface area contributed by atoms with Crippen molar-refractivity contribution < 1.29 is 4.39 Å². The first-order valence-corrected chi connectivity index (χ1v) is 4.95. The molecule has 0 radical (unpaired) electrons. The maximum absolute atomic E-state index is 13.1. The van der Waals surface area contributed by atoms with E-state index in [1.165, 1.54) is 6.33 Å². The fraction of sp³-hybridized carbons (Fsp3) is 0.778. The number of aromatic nitrogens is 3. The van der Waals surface area contributed by atoms with E-state index in [4.69, 9.17) is 0 Å². The normalized spacial score (nSPS) is 24.0. The Kier molecular flexibility index (Phi) is 2.77. The number of hydrogen-bond donors (Lipinski definition) is 0. The van der Waals surface area contributed by atoms with Gasteiger partial charge in [-0.25, -0.2) is 9.37 Å². The Labute approximate surface area is 82.7 Å². The van der Waals surface area contributed by atoms with Gasteiger partial charge in [-0.2, -0.15) is 5.10 Å². The van der Waals surface area contributed by atoms with E-state index in [0.717, 1.165) is 18.8 Å². The summed E-state index contributed by atoms with van der Waals surface area (Å²) in [6.07, 6.45) is 2.51. The molecule has 2 heterocycles. The van der Waals surface area contributed by atoms with Gasteiger partial charge in [-0.3, -0.25) is 9.58 Å². The van der Waals surface area contributed by atoms with Gasteiger partial charge in [0.1, 0.15) is 18.3 Å². The molecule has 1 atom stereocenters. The smallest absolute Gasteiger partial charge is 0.140 e. The van der Waals surface area contributed by atoms with Gasteiger partial charge in [0, 0.05) is 13.6 Å². The van der Waals surface area contributed by atoms with E-state index in [0.29, 0.717) is 19.5 Å². The van der Waals surface area contributed by atoms with Gasteiger partial charge in [-0.1, -0.05) is 0 Å². The van der Waals surface area contributed by atoms with Crippen LogP contribution in [0, 0.1) is 0 Å². The Balaban J connectivity index is 1.94. The van der Waals surface area contributed by atoms with Crippen molar-refractivity contribution in [2.24, 2.45) is 7.05 Å². The fourth-order valence-corrected chi connectivity index (χ4v) is 1.81. The molecular formula is C9H15FN4. The molecule has 0 bridgehead atoms. The molecule has 1 aromatic heterocycles. The summed E-state index contributed by atoms with van der Waals surface area (Å²) in [5.41, 5.74) is 0. The van der Waals surface area contributed by atoms with Gasteiger partial charge >= 0.3 is 0 Å². The molecule has 5 heteroatoms. The number of piperidine rings is 1. The van der Waals surface area contributed by atoms with Gasteiger partial charge in [-0.15, -0.1) is 0 Å². The highest BCUT2D eigenvalue weighted by molar-refractivity contribution is 4.85. The average Bonchev–Trinajstić information content (AvgIpc) is 2.52.